The van der Waals surface area contributed by atoms with E-state index in [-0.39, 0.29) is 11.1 Å². The highest BCUT2D eigenvalue weighted by Crippen LogP contribution is 2.21. The zero-order valence-corrected chi connectivity index (χ0v) is 12.9. The van der Waals surface area contributed by atoms with Gasteiger partial charge in [-0.1, -0.05) is 46.5 Å². The normalized spacial score (nSPS) is 12.4. The minimum absolute atomic E-state index is 0.0849. The Kier molecular flexibility index (Phi) is 9.77. The smallest absolute Gasteiger partial charge is 0.332 e. The maximum Gasteiger partial charge on any atom is 0.332 e. The van der Waals surface area contributed by atoms with E-state index < -0.39 is 11.9 Å². The first-order valence-electron chi connectivity index (χ1n) is 7.58. The number of hydrogen-bond donors (Lipinski definition) is 2. The predicted molar refractivity (Wildman–Crippen MR) is 79.7 cm³/mol. The number of carbonyl (C=O) groups is 2. The van der Waals surface area contributed by atoms with Crippen molar-refractivity contribution < 1.29 is 19.8 Å². The van der Waals surface area contributed by atoms with Crippen LogP contribution >= 0.6 is 0 Å². The zero-order chi connectivity index (χ0) is 15.5. The van der Waals surface area contributed by atoms with Crippen molar-refractivity contribution in [1.29, 1.82) is 0 Å². The van der Waals surface area contributed by atoms with Crippen molar-refractivity contribution in [2.24, 2.45) is 5.92 Å². The topological polar surface area (TPSA) is 74.6 Å². The van der Waals surface area contributed by atoms with Gasteiger partial charge >= 0.3 is 11.9 Å². The molecule has 0 heterocycles. The van der Waals surface area contributed by atoms with Crippen LogP contribution in [0.4, 0.5) is 0 Å². The molecule has 4 nitrogen and oxygen atoms in total. The van der Waals surface area contributed by atoms with Crippen molar-refractivity contribution in [3.8, 4) is 0 Å². The Hall–Kier alpha value is -1.32. The molecule has 0 saturated heterocycles. The molecule has 4 heteroatoms. The first-order chi connectivity index (χ1) is 9.40. The molecule has 116 valence electrons. The van der Waals surface area contributed by atoms with Crippen molar-refractivity contribution in [2.45, 2.75) is 72.1 Å². The van der Waals surface area contributed by atoms with Crippen LogP contribution < -0.4 is 0 Å². The summed E-state index contributed by atoms with van der Waals surface area (Å²) in [5.41, 5.74) is 0.177. The van der Waals surface area contributed by atoms with Crippen LogP contribution in [0.3, 0.4) is 0 Å². The number of carboxylic acid groups (broad SMARTS) is 2. The van der Waals surface area contributed by atoms with Crippen LogP contribution in [0, 0.1) is 5.92 Å². The van der Waals surface area contributed by atoms with Crippen molar-refractivity contribution in [1.82, 2.24) is 0 Å². The Bertz CT molecular complexity index is 342. The zero-order valence-electron chi connectivity index (χ0n) is 12.9. The van der Waals surface area contributed by atoms with Gasteiger partial charge in [0.1, 0.15) is 0 Å². The molecule has 0 aliphatic heterocycles. The molecule has 0 saturated carbocycles. The number of carboxylic acids is 2. The van der Waals surface area contributed by atoms with E-state index in [2.05, 4.69) is 6.92 Å². The van der Waals surface area contributed by atoms with E-state index in [1.165, 1.54) is 0 Å². The maximum atomic E-state index is 11.3. The van der Waals surface area contributed by atoms with E-state index in [0.29, 0.717) is 25.2 Å². The lowest BCUT2D eigenvalue weighted by atomic mass is 9.95. The summed E-state index contributed by atoms with van der Waals surface area (Å²) in [7, 11) is 0. The molecule has 0 bridgehead atoms. The van der Waals surface area contributed by atoms with Crippen molar-refractivity contribution in [2.75, 3.05) is 0 Å². The molecular weight excluding hydrogens is 256 g/mol. The molecule has 0 fully saturated rings. The molecule has 0 rings (SSSR count). The second kappa shape index (κ2) is 10.5. The average molecular weight is 284 g/mol. The lowest BCUT2D eigenvalue weighted by Gasteiger charge is -2.10. The molecule has 0 amide bonds. The minimum Gasteiger partial charge on any atom is -0.478 e. The van der Waals surface area contributed by atoms with Crippen molar-refractivity contribution in [3.05, 3.63) is 11.1 Å². The summed E-state index contributed by atoms with van der Waals surface area (Å²) in [6, 6.07) is 0. The molecule has 0 spiro atoms. The summed E-state index contributed by atoms with van der Waals surface area (Å²) in [5.74, 6) is -1.80. The van der Waals surface area contributed by atoms with Crippen LogP contribution in [0.25, 0.3) is 0 Å². The van der Waals surface area contributed by atoms with Gasteiger partial charge in [0.15, 0.2) is 0 Å². The monoisotopic (exact) mass is 284 g/mol. The van der Waals surface area contributed by atoms with Gasteiger partial charge in [-0.3, -0.25) is 0 Å². The Morgan fingerprint density at radius 3 is 1.80 bits per heavy atom. The lowest BCUT2D eigenvalue weighted by Crippen LogP contribution is -2.12. The number of aliphatic carboxylic acids is 2. The van der Waals surface area contributed by atoms with Gasteiger partial charge in [-0.25, -0.2) is 9.59 Å². The van der Waals surface area contributed by atoms with Gasteiger partial charge in [0, 0.05) is 11.1 Å². The fourth-order valence-electron chi connectivity index (χ4n) is 2.11. The van der Waals surface area contributed by atoms with Gasteiger partial charge in [0.05, 0.1) is 0 Å². The van der Waals surface area contributed by atoms with Gasteiger partial charge in [-0.2, -0.15) is 0 Å². The van der Waals surface area contributed by atoms with E-state index in [9.17, 15) is 19.8 Å². The average Bonchev–Trinajstić information content (AvgIpc) is 2.35. The van der Waals surface area contributed by atoms with Crippen molar-refractivity contribution in [3.63, 3.8) is 0 Å². The number of unbranched alkanes of at least 4 members (excludes halogenated alkanes) is 4. The number of hydrogen-bond acceptors (Lipinski definition) is 2. The van der Waals surface area contributed by atoms with Gasteiger partial charge in [0.2, 0.25) is 0 Å². The molecule has 0 aliphatic rings. The van der Waals surface area contributed by atoms with E-state index in [4.69, 9.17) is 0 Å². The summed E-state index contributed by atoms with van der Waals surface area (Å²) in [6.45, 7) is 6.13. The first kappa shape index (κ1) is 18.7. The molecule has 2 N–H and O–H groups in total. The molecule has 0 unspecified atom stereocenters. The fourth-order valence-corrected chi connectivity index (χ4v) is 2.11. The molecule has 0 radical (unpaired) electrons. The standard InChI is InChI=1S/C16H28O4/c1-4-5-6-7-8-9-13(15(17)18)14(16(19)20)11-10-12(2)3/h12H,4-11H2,1-3H3,(H,17,18)(H,19,20). The summed E-state index contributed by atoms with van der Waals surface area (Å²) in [6.07, 6.45) is 6.47. The SMILES string of the molecule is CCCCCCCC(C(=O)O)=C(CCC(C)C)C(=O)O. The molecule has 0 aromatic carbocycles. The summed E-state index contributed by atoms with van der Waals surface area (Å²) < 4.78 is 0. The highest BCUT2D eigenvalue weighted by molar-refractivity contribution is 5.98. The van der Waals surface area contributed by atoms with Crippen molar-refractivity contribution >= 4 is 11.9 Å². The predicted octanol–water partition coefficient (Wildman–Crippen LogP) is 4.25. The van der Waals surface area contributed by atoms with E-state index in [1.54, 1.807) is 0 Å². The Morgan fingerprint density at radius 1 is 0.850 bits per heavy atom. The van der Waals surface area contributed by atoms with Crippen LogP contribution in [0.5, 0.6) is 0 Å². The lowest BCUT2D eigenvalue weighted by molar-refractivity contribution is -0.136. The van der Waals surface area contributed by atoms with Crippen LogP contribution in [-0.2, 0) is 9.59 Å². The molecule has 20 heavy (non-hydrogen) atoms. The van der Waals surface area contributed by atoms with E-state index in [0.717, 1.165) is 32.1 Å². The third-order valence-corrected chi connectivity index (χ3v) is 3.38. The molecule has 0 aromatic rings. The molecule has 0 atom stereocenters. The van der Waals surface area contributed by atoms with Crippen LogP contribution in [0.1, 0.15) is 72.1 Å². The van der Waals surface area contributed by atoms with Crippen LogP contribution in [-0.4, -0.2) is 22.2 Å². The highest BCUT2D eigenvalue weighted by atomic mass is 16.4. The summed E-state index contributed by atoms with van der Waals surface area (Å²) >= 11 is 0. The quantitative estimate of drug-likeness (QED) is 0.439. The van der Waals surface area contributed by atoms with Gasteiger partial charge in [0.25, 0.3) is 0 Å². The maximum absolute atomic E-state index is 11.3. The van der Waals surface area contributed by atoms with Crippen LogP contribution in [0.15, 0.2) is 11.1 Å². The van der Waals surface area contributed by atoms with E-state index >= 15 is 0 Å². The number of rotatable bonds is 11. The second-order valence-corrected chi connectivity index (χ2v) is 5.66. The van der Waals surface area contributed by atoms with Crippen LogP contribution in [0.2, 0.25) is 0 Å². The van der Waals surface area contributed by atoms with Gasteiger partial charge < -0.3 is 10.2 Å². The summed E-state index contributed by atoms with van der Waals surface area (Å²) in [5, 5.41) is 18.5. The largest absolute Gasteiger partial charge is 0.478 e. The third-order valence-electron chi connectivity index (χ3n) is 3.38. The van der Waals surface area contributed by atoms with Gasteiger partial charge in [-0.15, -0.1) is 0 Å². The minimum atomic E-state index is -1.09. The first-order valence-corrected chi connectivity index (χ1v) is 7.58. The molecule has 0 aromatic heterocycles. The fraction of sp³-hybridized carbons (Fsp3) is 0.750. The third kappa shape index (κ3) is 7.97. The van der Waals surface area contributed by atoms with E-state index in [1.807, 2.05) is 13.8 Å². The highest BCUT2D eigenvalue weighted by Gasteiger charge is 2.19. The Morgan fingerprint density at radius 2 is 1.35 bits per heavy atom. The Labute approximate surface area is 121 Å². The second-order valence-electron chi connectivity index (χ2n) is 5.66. The Balaban J connectivity index is 4.71. The van der Waals surface area contributed by atoms with Gasteiger partial charge in [-0.05, 0) is 31.6 Å². The molecular formula is C16H28O4. The molecule has 0 aliphatic carbocycles. The summed E-state index contributed by atoms with van der Waals surface area (Å²) in [4.78, 5) is 22.6.